The number of guanidine groups is 1. The molecule has 168 valence electrons. The molecule has 31 heavy (non-hydrogen) atoms. The molecule has 0 atom stereocenters. The van der Waals surface area contributed by atoms with E-state index >= 15 is 0 Å². The molecule has 1 aromatic carbocycles. The zero-order chi connectivity index (χ0) is 22.3. The average molecular weight is 435 g/mol. The van der Waals surface area contributed by atoms with Crippen LogP contribution in [0.3, 0.4) is 0 Å². The molecular weight excluding hydrogens is 405 g/mol. The predicted molar refractivity (Wildman–Crippen MR) is 117 cm³/mol. The number of benzene rings is 1. The Labute approximate surface area is 181 Å². The molecule has 2 N–H and O–H groups in total. The smallest absolute Gasteiger partial charge is 0.357 e. The fourth-order valence-corrected chi connectivity index (χ4v) is 3.36. The van der Waals surface area contributed by atoms with Gasteiger partial charge in [0.1, 0.15) is 5.82 Å². The maximum absolute atomic E-state index is 12.7. The van der Waals surface area contributed by atoms with Crippen LogP contribution in [0.25, 0.3) is 0 Å². The van der Waals surface area contributed by atoms with Crippen molar-refractivity contribution in [2.75, 3.05) is 44.7 Å². The summed E-state index contributed by atoms with van der Waals surface area (Å²) in [7, 11) is 2.12. The van der Waals surface area contributed by atoms with Crippen LogP contribution in [0.15, 0.2) is 47.6 Å². The molecule has 0 amide bonds. The van der Waals surface area contributed by atoms with Gasteiger partial charge in [0.05, 0.1) is 12.1 Å². The second-order valence-corrected chi connectivity index (χ2v) is 7.52. The quantitative estimate of drug-likeness (QED) is 0.541. The number of halogens is 3. The van der Waals surface area contributed by atoms with Gasteiger partial charge in [0.15, 0.2) is 5.96 Å². The highest BCUT2D eigenvalue weighted by Gasteiger charge is 2.29. The fourth-order valence-electron chi connectivity index (χ4n) is 3.36. The largest absolute Gasteiger partial charge is 0.416 e. The van der Waals surface area contributed by atoms with Crippen LogP contribution in [0.1, 0.15) is 23.6 Å². The summed E-state index contributed by atoms with van der Waals surface area (Å²) in [5.74, 6) is 1.58. The summed E-state index contributed by atoms with van der Waals surface area (Å²) in [5.41, 5.74) is 1.13. The van der Waals surface area contributed by atoms with Gasteiger partial charge in [0, 0.05) is 51.0 Å². The van der Waals surface area contributed by atoms with Gasteiger partial charge in [-0.2, -0.15) is 13.2 Å². The zero-order valence-corrected chi connectivity index (χ0v) is 17.9. The van der Waals surface area contributed by atoms with Crippen LogP contribution >= 0.6 is 0 Å². The number of hydrogen-bond acceptors (Lipinski definition) is 4. The Morgan fingerprint density at radius 2 is 1.77 bits per heavy atom. The van der Waals surface area contributed by atoms with Crippen molar-refractivity contribution >= 4 is 11.8 Å². The van der Waals surface area contributed by atoms with Crippen LogP contribution in [0.5, 0.6) is 0 Å². The van der Waals surface area contributed by atoms with Gasteiger partial charge in [-0.25, -0.2) is 9.98 Å². The van der Waals surface area contributed by atoms with Gasteiger partial charge >= 0.3 is 6.18 Å². The van der Waals surface area contributed by atoms with Crippen LogP contribution in [0.4, 0.5) is 19.0 Å². The van der Waals surface area contributed by atoms with E-state index in [1.54, 1.807) is 6.20 Å². The zero-order valence-electron chi connectivity index (χ0n) is 17.9. The van der Waals surface area contributed by atoms with Crippen molar-refractivity contribution in [1.29, 1.82) is 0 Å². The maximum Gasteiger partial charge on any atom is 0.416 e. The topological polar surface area (TPSA) is 55.8 Å². The van der Waals surface area contributed by atoms with E-state index in [1.807, 2.05) is 19.1 Å². The van der Waals surface area contributed by atoms with Gasteiger partial charge in [0.2, 0.25) is 0 Å². The molecule has 0 aliphatic carbocycles. The number of alkyl halides is 3. The Hall–Kier alpha value is -2.81. The summed E-state index contributed by atoms with van der Waals surface area (Å²) >= 11 is 0. The highest BCUT2D eigenvalue weighted by atomic mass is 19.4. The molecule has 9 heteroatoms. The van der Waals surface area contributed by atoms with E-state index in [-0.39, 0.29) is 6.54 Å². The third-order valence-electron chi connectivity index (χ3n) is 5.16. The summed E-state index contributed by atoms with van der Waals surface area (Å²) in [5, 5.41) is 6.49. The van der Waals surface area contributed by atoms with Gasteiger partial charge in [-0.05, 0) is 37.7 Å². The number of pyridine rings is 1. The number of piperazine rings is 1. The summed E-state index contributed by atoms with van der Waals surface area (Å²) in [6.45, 7) is 7.35. The second-order valence-electron chi connectivity index (χ2n) is 7.52. The van der Waals surface area contributed by atoms with E-state index in [4.69, 9.17) is 0 Å². The van der Waals surface area contributed by atoms with Crippen molar-refractivity contribution in [2.24, 2.45) is 4.99 Å². The number of anilines is 1. The summed E-state index contributed by atoms with van der Waals surface area (Å²) < 4.78 is 38.2. The van der Waals surface area contributed by atoms with Crippen LogP contribution in [-0.4, -0.2) is 55.6 Å². The van der Waals surface area contributed by atoms with Crippen molar-refractivity contribution in [3.05, 3.63) is 59.3 Å². The van der Waals surface area contributed by atoms with Gasteiger partial charge < -0.3 is 20.4 Å². The molecule has 1 saturated heterocycles. The molecule has 0 unspecified atom stereocenters. The van der Waals surface area contributed by atoms with Crippen LogP contribution in [0.2, 0.25) is 0 Å². The lowest BCUT2D eigenvalue weighted by Gasteiger charge is -2.34. The lowest BCUT2D eigenvalue weighted by molar-refractivity contribution is -0.137. The predicted octanol–water partition coefficient (Wildman–Crippen LogP) is 3.11. The SMILES string of the molecule is CCNC(=NCc1ccc(C(F)(F)F)cc1)NCc1cccnc1N1CCN(C)CC1. The number of aromatic nitrogens is 1. The van der Waals surface area contributed by atoms with Crippen LogP contribution < -0.4 is 15.5 Å². The Morgan fingerprint density at radius 3 is 2.42 bits per heavy atom. The molecule has 0 saturated carbocycles. The first kappa shape index (κ1) is 22.9. The first-order chi connectivity index (χ1) is 14.9. The molecule has 1 aliphatic rings. The third-order valence-corrected chi connectivity index (χ3v) is 5.16. The molecule has 2 heterocycles. The monoisotopic (exact) mass is 434 g/mol. The Morgan fingerprint density at radius 1 is 1.06 bits per heavy atom. The second kappa shape index (κ2) is 10.5. The van der Waals surface area contributed by atoms with E-state index in [0.29, 0.717) is 24.6 Å². The molecule has 1 aliphatic heterocycles. The lowest BCUT2D eigenvalue weighted by atomic mass is 10.1. The highest BCUT2D eigenvalue weighted by molar-refractivity contribution is 5.79. The van der Waals surface area contributed by atoms with Gasteiger partial charge in [-0.1, -0.05) is 18.2 Å². The number of nitrogens with zero attached hydrogens (tertiary/aromatic N) is 4. The first-order valence-corrected chi connectivity index (χ1v) is 10.4. The molecule has 0 spiro atoms. The van der Waals surface area contributed by atoms with E-state index in [9.17, 15) is 13.2 Å². The summed E-state index contributed by atoms with van der Waals surface area (Å²) in [6, 6.07) is 9.06. The van der Waals surface area contributed by atoms with Gasteiger partial charge in [-0.15, -0.1) is 0 Å². The van der Waals surface area contributed by atoms with Crippen LogP contribution in [0, 0.1) is 0 Å². The number of nitrogens with one attached hydrogen (secondary N) is 2. The maximum atomic E-state index is 12.7. The Balaban J connectivity index is 1.64. The van der Waals surface area contributed by atoms with Crippen molar-refractivity contribution in [1.82, 2.24) is 20.5 Å². The normalized spacial score (nSPS) is 15.8. The average Bonchev–Trinajstić information content (AvgIpc) is 2.76. The minimum absolute atomic E-state index is 0.284. The van der Waals surface area contributed by atoms with E-state index in [0.717, 1.165) is 49.7 Å². The highest BCUT2D eigenvalue weighted by Crippen LogP contribution is 2.29. The number of rotatable bonds is 6. The van der Waals surface area contributed by atoms with Crippen molar-refractivity contribution in [3.8, 4) is 0 Å². The Kier molecular flexibility index (Phi) is 7.73. The minimum atomic E-state index is -4.33. The molecule has 0 bridgehead atoms. The van der Waals surface area contributed by atoms with E-state index in [1.165, 1.54) is 12.1 Å². The first-order valence-electron chi connectivity index (χ1n) is 10.4. The lowest BCUT2D eigenvalue weighted by Crippen LogP contribution is -2.45. The molecule has 1 fully saturated rings. The number of hydrogen-bond donors (Lipinski definition) is 2. The van der Waals surface area contributed by atoms with E-state index < -0.39 is 11.7 Å². The molecule has 0 radical (unpaired) electrons. The third kappa shape index (κ3) is 6.58. The minimum Gasteiger partial charge on any atom is -0.357 e. The van der Waals surface area contributed by atoms with Gasteiger partial charge in [-0.3, -0.25) is 0 Å². The number of aliphatic imine (C=N–C) groups is 1. The van der Waals surface area contributed by atoms with Crippen molar-refractivity contribution in [3.63, 3.8) is 0 Å². The summed E-state index contributed by atoms with van der Waals surface area (Å²) in [6.07, 6.45) is -2.52. The van der Waals surface area contributed by atoms with Crippen molar-refractivity contribution in [2.45, 2.75) is 26.2 Å². The molecule has 1 aromatic heterocycles. The van der Waals surface area contributed by atoms with Crippen molar-refractivity contribution < 1.29 is 13.2 Å². The number of likely N-dealkylation sites (N-methyl/N-ethyl adjacent to an activating group) is 1. The molecular formula is C22H29F3N6. The molecule has 3 rings (SSSR count). The standard InChI is InChI=1S/C22H29F3N6/c1-3-26-21(28-15-17-6-8-19(9-7-17)22(23,24)25)29-16-18-5-4-10-27-20(18)31-13-11-30(2)12-14-31/h4-10H,3,11-16H2,1-2H3,(H2,26,28,29). The summed E-state index contributed by atoms with van der Waals surface area (Å²) in [4.78, 5) is 13.7. The Bertz CT molecular complexity index is 858. The molecule has 2 aromatic rings. The fraction of sp³-hybridized carbons (Fsp3) is 0.455. The van der Waals surface area contributed by atoms with Gasteiger partial charge in [0.25, 0.3) is 0 Å². The van der Waals surface area contributed by atoms with E-state index in [2.05, 4.69) is 37.5 Å². The van der Waals surface area contributed by atoms with Crippen LogP contribution in [-0.2, 0) is 19.3 Å². The molecule has 6 nitrogen and oxygen atoms in total.